The van der Waals surface area contributed by atoms with Gasteiger partial charge in [0.05, 0.1) is 6.54 Å². The highest BCUT2D eigenvalue weighted by atomic mass is 16.7. The number of carbonyl (C=O) groups excluding carboxylic acids is 1. The molecule has 0 aliphatic carbocycles. The van der Waals surface area contributed by atoms with E-state index in [1.165, 1.54) is 6.33 Å². The normalized spacial score (nSPS) is 12.2. The molecule has 7 nitrogen and oxygen atoms in total. The number of hydrogen-bond donors (Lipinski definition) is 1. The van der Waals surface area contributed by atoms with Crippen molar-refractivity contribution in [1.82, 2.24) is 14.8 Å². The summed E-state index contributed by atoms with van der Waals surface area (Å²) in [4.78, 5) is 16.2. The number of carbonyl (C=O) groups is 1. The topological polar surface area (TPSA) is 78.3 Å². The van der Waals surface area contributed by atoms with Crippen LogP contribution < -0.4 is 14.8 Å². The number of nitrogens with one attached hydrogen (secondary N) is 1. The van der Waals surface area contributed by atoms with Gasteiger partial charge in [0.2, 0.25) is 6.79 Å². The second-order valence-corrected chi connectivity index (χ2v) is 5.31. The maximum atomic E-state index is 12.3. The smallest absolute Gasteiger partial charge is 0.255 e. The Hall–Kier alpha value is -3.35. The number of nitrogens with zero attached hydrogens (tertiary/aromatic N) is 3. The van der Waals surface area contributed by atoms with Gasteiger partial charge >= 0.3 is 0 Å². The lowest BCUT2D eigenvalue weighted by Crippen LogP contribution is -2.12. The van der Waals surface area contributed by atoms with Gasteiger partial charge in [-0.2, -0.15) is 5.10 Å². The highest BCUT2D eigenvalue weighted by molar-refractivity contribution is 6.04. The van der Waals surface area contributed by atoms with Crippen LogP contribution in [0.1, 0.15) is 15.9 Å². The molecular formula is C17H14N4O3. The summed E-state index contributed by atoms with van der Waals surface area (Å²) in [5.41, 5.74) is 2.28. The Bertz CT molecular complexity index is 860. The van der Waals surface area contributed by atoms with Gasteiger partial charge in [-0.05, 0) is 29.8 Å². The number of fused-ring (bicyclic) bond motifs is 1. The molecule has 1 amide bonds. The second-order valence-electron chi connectivity index (χ2n) is 5.31. The van der Waals surface area contributed by atoms with Gasteiger partial charge in [0.15, 0.2) is 11.5 Å². The molecule has 1 aromatic heterocycles. The maximum Gasteiger partial charge on any atom is 0.255 e. The third kappa shape index (κ3) is 2.91. The van der Waals surface area contributed by atoms with E-state index in [0.29, 0.717) is 29.3 Å². The highest BCUT2D eigenvalue weighted by Gasteiger charge is 2.14. The molecule has 4 rings (SSSR count). The molecule has 0 fully saturated rings. The molecule has 0 radical (unpaired) electrons. The third-order valence-corrected chi connectivity index (χ3v) is 3.66. The summed E-state index contributed by atoms with van der Waals surface area (Å²) in [7, 11) is 0. The van der Waals surface area contributed by atoms with Gasteiger partial charge in [-0.15, -0.1) is 0 Å². The minimum absolute atomic E-state index is 0.179. The molecule has 120 valence electrons. The standard InChI is InChI=1S/C17H14N4O3/c22-17(20-14-5-6-15-16(7-14)24-11-23-15)13-3-1-12(2-4-13)8-21-10-18-9-19-21/h1-7,9-10H,8,11H2,(H,20,22). The molecule has 1 aliphatic rings. The van der Waals surface area contributed by atoms with Gasteiger partial charge in [0, 0.05) is 17.3 Å². The van der Waals surface area contributed by atoms with Crippen LogP contribution in [0.5, 0.6) is 11.5 Å². The van der Waals surface area contributed by atoms with E-state index in [4.69, 9.17) is 9.47 Å². The number of ether oxygens (including phenoxy) is 2. The van der Waals surface area contributed by atoms with E-state index in [0.717, 1.165) is 5.56 Å². The number of hydrogen-bond acceptors (Lipinski definition) is 5. The summed E-state index contributed by atoms with van der Waals surface area (Å²) < 4.78 is 12.3. The van der Waals surface area contributed by atoms with Gasteiger partial charge in [0.1, 0.15) is 12.7 Å². The fraction of sp³-hybridized carbons (Fsp3) is 0.118. The first-order valence-corrected chi connectivity index (χ1v) is 7.40. The van der Waals surface area contributed by atoms with Crippen LogP contribution in [0.2, 0.25) is 0 Å². The van der Waals surface area contributed by atoms with Crippen molar-refractivity contribution in [2.75, 3.05) is 12.1 Å². The largest absolute Gasteiger partial charge is 0.454 e. The molecule has 1 aliphatic heterocycles. The van der Waals surface area contributed by atoms with E-state index in [1.54, 1.807) is 41.3 Å². The SMILES string of the molecule is O=C(Nc1ccc2c(c1)OCO2)c1ccc(Cn2cncn2)cc1. The van der Waals surface area contributed by atoms with Gasteiger partial charge < -0.3 is 14.8 Å². The number of anilines is 1. The summed E-state index contributed by atoms with van der Waals surface area (Å²) in [6.07, 6.45) is 3.15. The van der Waals surface area contributed by atoms with Crippen LogP contribution in [0.15, 0.2) is 55.1 Å². The average molecular weight is 322 g/mol. The van der Waals surface area contributed by atoms with Crippen LogP contribution in [0, 0.1) is 0 Å². The summed E-state index contributed by atoms with van der Waals surface area (Å²) in [5.74, 6) is 1.14. The summed E-state index contributed by atoms with van der Waals surface area (Å²) in [5, 5.41) is 6.91. The van der Waals surface area contributed by atoms with E-state index in [1.807, 2.05) is 12.1 Å². The Morgan fingerprint density at radius 2 is 1.96 bits per heavy atom. The van der Waals surface area contributed by atoms with Crippen LogP contribution in [0.4, 0.5) is 5.69 Å². The Labute approximate surface area is 137 Å². The minimum Gasteiger partial charge on any atom is -0.454 e. The Morgan fingerprint density at radius 3 is 2.75 bits per heavy atom. The quantitative estimate of drug-likeness (QED) is 0.797. The monoisotopic (exact) mass is 322 g/mol. The Kier molecular flexibility index (Phi) is 3.59. The van der Waals surface area contributed by atoms with Crippen molar-refractivity contribution < 1.29 is 14.3 Å². The average Bonchev–Trinajstić information content (AvgIpc) is 3.26. The fourth-order valence-corrected chi connectivity index (χ4v) is 2.44. The van der Waals surface area contributed by atoms with E-state index in [-0.39, 0.29) is 12.7 Å². The lowest BCUT2D eigenvalue weighted by Gasteiger charge is -2.07. The Morgan fingerprint density at radius 1 is 1.12 bits per heavy atom. The first-order chi connectivity index (χ1) is 11.8. The van der Waals surface area contributed by atoms with Crippen LogP contribution in [-0.4, -0.2) is 27.5 Å². The number of aromatic nitrogens is 3. The molecule has 0 spiro atoms. The van der Waals surface area contributed by atoms with Gasteiger partial charge in [-0.25, -0.2) is 9.67 Å². The van der Waals surface area contributed by atoms with Crippen molar-refractivity contribution >= 4 is 11.6 Å². The van der Waals surface area contributed by atoms with Gasteiger partial charge in [-0.1, -0.05) is 12.1 Å². The van der Waals surface area contributed by atoms with Crippen molar-refractivity contribution in [2.24, 2.45) is 0 Å². The zero-order valence-electron chi connectivity index (χ0n) is 12.7. The number of amides is 1. The van der Waals surface area contributed by atoms with Crippen molar-refractivity contribution in [2.45, 2.75) is 6.54 Å². The lowest BCUT2D eigenvalue weighted by molar-refractivity contribution is 0.102. The molecule has 1 N–H and O–H groups in total. The van der Waals surface area contributed by atoms with Gasteiger partial charge in [0.25, 0.3) is 5.91 Å². The van der Waals surface area contributed by atoms with Crippen molar-refractivity contribution in [3.8, 4) is 11.5 Å². The molecule has 0 bridgehead atoms. The van der Waals surface area contributed by atoms with E-state index < -0.39 is 0 Å². The maximum absolute atomic E-state index is 12.3. The predicted molar refractivity (Wildman–Crippen MR) is 86.1 cm³/mol. The molecule has 2 heterocycles. The molecule has 24 heavy (non-hydrogen) atoms. The second kappa shape index (κ2) is 6.04. The molecule has 0 saturated carbocycles. The molecule has 3 aromatic rings. The fourth-order valence-electron chi connectivity index (χ4n) is 2.44. The van der Waals surface area contributed by atoms with Crippen LogP contribution in [-0.2, 0) is 6.54 Å². The van der Waals surface area contributed by atoms with Crippen molar-refractivity contribution in [3.63, 3.8) is 0 Å². The van der Waals surface area contributed by atoms with E-state index >= 15 is 0 Å². The summed E-state index contributed by atoms with van der Waals surface area (Å²) >= 11 is 0. The molecule has 2 aromatic carbocycles. The van der Waals surface area contributed by atoms with E-state index in [9.17, 15) is 4.79 Å². The number of benzene rings is 2. The molecular weight excluding hydrogens is 308 g/mol. The highest BCUT2D eigenvalue weighted by Crippen LogP contribution is 2.34. The molecule has 7 heteroatoms. The lowest BCUT2D eigenvalue weighted by atomic mass is 10.1. The minimum atomic E-state index is -0.179. The third-order valence-electron chi connectivity index (χ3n) is 3.66. The first kappa shape index (κ1) is 14.3. The summed E-state index contributed by atoms with van der Waals surface area (Å²) in [6, 6.07) is 12.7. The first-order valence-electron chi connectivity index (χ1n) is 7.40. The van der Waals surface area contributed by atoms with Crippen LogP contribution in [0.25, 0.3) is 0 Å². The summed E-state index contributed by atoms with van der Waals surface area (Å²) in [6.45, 7) is 0.823. The Balaban J connectivity index is 1.44. The van der Waals surface area contributed by atoms with Gasteiger partial charge in [-0.3, -0.25) is 4.79 Å². The zero-order chi connectivity index (χ0) is 16.4. The number of rotatable bonds is 4. The van der Waals surface area contributed by atoms with Crippen molar-refractivity contribution in [1.29, 1.82) is 0 Å². The zero-order valence-corrected chi connectivity index (χ0v) is 12.7. The molecule has 0 atom stereocenters. The van der Waals surface area contributed by atoms with Crippen LogP contribution in [0.3, 0.4) is 0 Å². The molecule has 0 saturated heterocycles. The van der Waals surface area contributed by atoms with Crippen LogP contribution >= 0.6 is 0 Å². The van der Waals surface area contributed by atoms with Crippen molar-refractivity contribution in [3.05, 3.63) is 66.2 Å². The van der Waals surface area contributed by atoms with E-state index in [2.05, 4.69) is 15.4 Å². The molecule has 0 unspecified atom stereocenters. The predicted octanol–water partition coefficient (Wildman–Crippen LogP) is 2.31.